The van der Waals surface area contributed by atoms with Crippen LogP contribution < -0.4 is 10.6 Å². The quantitative estimate of drug-likeness (QED) is 0.332. The molecule has 0 aromatic heterocycles. The molecule has 1 unspecified atom stereocenters. The molecule has 0 aliphatic carbocycles. The van der Waals surface area contributed by atoms with Gasteiger partial charge in [-0.1, -0.05) is 30.3 Å². The Morgan fingerprint density at radius 3 is 2.48 bits per heavy atom. The minimum Gasteiger partial charge on any atom is -0.379 e. The Kier molecular flexibility index (Phi) is 11.3. The van der Waals surface area contributed by atoms with E-state index >= 15 is 0 Å². The second-order valence-electron chi connectivity index (χ2n) is 7.90. The van der Waals surface area contributed by atoms with Crippen molar-refractivity contribution in [1.82, 2.24) is 20.4 Å². The number of morpholine rings is 1. The second-order valence-corrected chi connectivity index (χ2v) is 7.90. The number of benzene rings is 1. The minimum absolute atomic E-state index is 0. The maximum atomic E-state index is 5.45. The summed E-state index contributed by atoms with van der Waals surface area (Å²) in [7, 11) is 0. The van der Waals surface area contributed by atoms with E-state index in [0.717, 1.165) is 77.8 Å². The van der Waals surface area contributed by atoms with Crippen molar-refractivity contribution < 1.29 is 4.74 Å². The number of guanidine groups is 1. The highest BCUT2D eigenvalue weighted by molar-refractivity contribution is 14.0. The highest BCUT2D eigenvalue weighted by Crippen LogP contribution is 2.14. The van der Waals surface area contributed by atoms with E-state index in [1.807, 2.05) is 0 Å². The Morgan fingerprint density at radius 1 is 1.14 bits per heavy atom. The molecule has 0 saturated carbocycles. The maximum absolute atomic E-state index is 5.45. The lowest BCUT2D eigenvalue weighted by molar-refractivity contribution is 0.0220. The van der Waals surface area contributed by atoms with Gasteiger partial charge in [-0.2, -0.15) is 0 Å². The van der Waals surface area contributed by atoms with Gasteiger partial charge in [-0.25, -0.2) is 0 Å². The van der Waals surface area contributed by atoms with Crippen LogP contribution in [-0.2, 0) is 11.3 Å². The molecule has 7 heteroatoms. The molecule has 164 valence electrons. The van der Waals surface area contributed by atoms with Gasteiger partial charge in [0, 0.05) is 51.4 Å². The van der Waals surface area contributed by atoms with Crippen LogP contribution in [0.1, 0.15) is 32.3 Å². The van der Waals surface area contributed by atoms with Gasteiger partial charge in [0.15, 0.2) is 5.96 Å². The molecule has 2 aliphatic heterocycles. The number of likely N-dealkylation sites (tertiary alicyclic amines) is 1. The molecule has 0 spiro atoms. The van der Waals surface area contributed by atoms with E-state index in [1.54, 1.807) is 0 Å². The zero-order chi connectivity index (χ0) is 19.6. The monoisotopic (exact) mass is 515 g/mol. The predicted octanol–water partition coefficient (Wildman–Crippen LogP) is 2.54. The Labute approximate surface area is 193 Å². The Bertz CT molecular complexity index is 586. The lowest BCUT2D eigenvalue weighted by Crippen LogP contribution is -2.49. The molecular weight excluding hydrogens is 477 g/mol. The lowest BCUT2D eigenvalue weighted by Gasteiger charge is -2.33. The largest absolute Gasteiger partial charge is 0.379 e. The van der Waals surface area contributed by atoms with Crippen molar-refractivity contribution in [3.05, 3.63) is 35.9 Å². The molecule has 0 radical (unpaired) electrons. The summed E-state index contributed by atoms with van der Waals surface area (Å²) >= 11 is 0. The van der Waals surface area contributed by atoms with Gasteiger partial charge in [-0.3, -0.25) is 14.8 Å². The average molecular weight is 515 g/mol. The summed E-state index contributed by atoms with van der Waals surface area (Å²) < 4.78 is 5.45. The third-order valence-corrected chi connectivity index (χ3v) is 5.70. The smallest absolute Gasteiger partial charge is 0.191 e. The van der Waals surface area contributed by atoms with Crippen molar-refractivity contribution in [3.63, 3.8) is 0 Å². The van der Waals surface area contributed by atoms with Crippen LogP contribution >= 0.6 is 24.0 Å². The van der Waals surface area contributed by atoms with Gasteiger partial charge in [-0.05, 0) is 32.3 Å². The highest BCUT2D eigenvalue weighted by atomic mass is 127. The first-order valence-electron chi connectivity index (χ1n) is 10.9. The summed E-state index contributed by atoms with van der Waals surface area (Å²) in [6.07, 6.45) is 2.33. The molecule has 2 heterocycles. The molecule has 29 heavy (non-hydrogen) atoms. The van der Waals surface area contributed by atoms with E-state index < -0.39 is 0 Å². The number of halogens is 1. The Balaban J connectivity index is 0.00000300. The van der Waals surface area contributed by atoms with Gasteiger partial charge in [0.25, 0.3) is 0 Å². The van der Waals surface area contributed by atoms with Gasteiger partial charge in [-0.15, -0.1) is 24.0 Å². The van der Waals surface area contributed by atoms with Crippen LogP contribution in [0.25, 0.3) is 0 Å². The predicted molar refractivity (Wildman–Crippen MR) is 131 cm³/mol. The van der Waals surface area contributed by atoms with Gasteiger partial charge < -0.3 is 15.4 Å². The zero-order valence-corrected chi connectivity index (χ0v) is 20.3. The summed E-state index contributed by atoms with van der Waals surface area (Å²) in [6, 6.07) is 11.7. The molecule has 6 nitrogen and oxygen atoms in total. The molecular formula is C22H38IN5O. The summed E-state index contributed by atoms with van der Waals surface area (Å²) in [4.78, 5) is 9.89. The third-order valence-electron chi connectivity index (χ3n) is 5.70. The summed E-state index contributed by atoms with van der Waals surface area (Å²) in [5.41, 5.74) is 1.40. The molecule has 3 rings (SSSR count). The first-order valence-corrected chi connectivity index (χ1v) is 10.9. The Morgan fingerprint density at radius 2 is 1.83 bits per heavy atom. The molecule has 2 aliphatic rings. The fraction of sp³-hybridized carbons (Fsp3) is 0.682. The van der Waals surface area contributed by atoms with Crippen LogP contribution in [-0.4, -0.2) is 80.3 Å². The van der Waals surface area contributed by atoms with Crippen LogP contribution in [0.2, 0.25) is 0 Å². The topological polar surface area (TPSA) is 52.1 Å². The van der Waals surface area contributed by atoms with Crippen molar-refractivity contribution in [2.24, 2.45) is 4.99 Å². The molecule has 1 aromatic rings. The van der Waals surface area contributed by atoms with Crippen LogP contribution in [0.15, 0.2) is 35.3 Å². The van der Waals surface area contributed by atoms with E-state index in [4.69, 9.17) is 9.73 Å². The molecule has 2 saturated heterocycles. The Hall–Kier alpha value is -0.900. The molecule has 1 atom stereocenters. The first kappa shape index (κ1) is 24.4. The van der Waals surface area contributed by atoms with E-state index in [-0.39, 0.29) is 24.0 Å². The van der Waals surface area contributed by atoms with E-state index in [1.165, 1.54) is 5.56 Å². The number of ether oxygens (including phenoxy) is 1. The van der Waals surface area contributed by atoms with E-state index in [9.17, 15) is 0 Å². The number of rotatable bonds is 7. The maximum Gasteiger partial charge on any atom is 0.191 e. The van der Waals surface area contributed by atoms with Gasteiger partial charge >= 0.3 is 0 Å². The first-order chi connectivity index (χ1) is 13.7. The van der Waals surface area contributed by atoms with E-state index in [2.05, 4.69) is 64.6 Å². The zero-order valence-electron chi connectivity index (χ0n) is 18.0. The van der Waals surface area contributed by atoms with Crippen LogP contribution in [0.3, 0.4) is 0 Å². The average Bonchev–Trinajstić information content (AvgIpc) is 2.75. The minimum atomic E-state index is 0. The fourth-order valence-electron chi connectivity index (χ4n) is 3.95. The normalized spacial score (nSPS) is 20.7. The van der Waals surface area contributed by atoms with Crippen molar-refractivity contribution in [2.75, 3.05) is 52.5 Å². The number of hydrogen-bond donors (Lipinski definition) is 2. The number of nitrogens with zero attached hydrogens (tertiary/aromatic N) is 3. The summed E-state index contributed by atoms with van der Waals surface area (Å²) in [5.74, 6) is 0.962. The molecule has 1 aromatic carbocycles. The number of nitrogens with one attached hydrogen (secondary N) is 2. The van der Waals surface area contributed by atoms with Crippen LogP contribution in [0.4, 0.5) is 0 Å². The molecule has 0 amide bonds. The summed E-state index contributed by atoms with van der Waals surface area (Å²) in [6.45, 7) is 13.1. The number of hydrogen-bond acceptors (Lipinski definition) is 4. The van der Waals surface area contributed by atoms with Gasteiger partial charge in [0.05, 0.1) is 19.8 Å². The van der Waals surface area contributed by atoms with Crippen molar-refractivity contribution >= 4 is 29.9 Å². The standard InChI is InChI=1S/C22H37N5O.HI/c1-3-23-22(24-17-19(2)27-13-15-28-16-14-27)25-21-9-11-26(12-10-21)18-20-7-5-4-6-8-20;/h4-8,19,21H,3,9-18H2,1-2H3,(H2,23,24,25);1H. The number of aliphatic imine (C=N–C) groups is 1. The SMILES string of the molecule is CCNC(=NCC(C)N1CCOCC1)NC1CCN(Cc2ccccc2)CC1.I. The van der Waals surface area contributed by atoms with Crippen LogP contribution in [0.5, 0.6) is 0 Å². The summed E-state index contributed by atoms with van der Waals surface area (Å²) in [5, 5.41) is 7.09. The molecule has 2 N–H and O–H groups in total. The highest BCUT2D eigenvalue weighted by Gasteiger charge is 2.21. The van der Waals surface area contributed by atoms with Crippen molar-refractivity contribution in [3.8, 4) is 0 Å². The van der Waals surface area contributed by atoms with Gasteiger partial charge in [0.1, 0.15) is 0 Å². The third kappa shape index (κ3) is 8.39. The molecule has 0 bridgehead atoms. The van der Waals surface area contributed by atoms with Gasteiger partial charge in [0.2, 0.25) is 0 Å². The van der Waals surface area contributed by atoms with Crippen molar-refractivity contribution in [2.45, 2.75) is 45.3 Å². The van der Waals surface area contributed by atoms with Crippen LogP contribution in [0, 0.1) is 0 Å². The fourth-order valence-corrected chi connectivity index (χ4v) is 3.95. The number of piperidine rings is 1. The van der Waals surface area contributed by atoms with Crippen molar-refractivity contribution in [1.29, 1.82) is 0 Å². The second kappa shape index (κ2) is 13.4. The molecule has 2 fully saturated rings. The lowest BCUT2D eigenvalue weighted by atomic mass is 10.0. The van der Waals surface area contributed by atoms with E-state index in [0.29, 0.717) is 12.1 Å².